The predicted molar refractivity (Wildman–Crippen MR) is 73.0 cm³/mol. The molecular weight excluding hydrogens is 234 g/mol. The zero-order chi connectivity index (χ0) is 12.7. The molecule has 4 heteroatoms. The van der Waals surface area contributed by atoms with Crippen LogP contribution in [0.3, 0.4) is 0 Å². The second-order valence-electron chi connectivity index (χ2n) is 5.26. The Morgan fingerprint density at radius 3 is 2.41 bits per heavy atom. The van der Waals surface area contributed by atoms with E-state index in [2.05, 4.69) is 12.2 Å². The minimum absolute atomic E-state index is 0.170. The fourth-order valence-corrected chi connectivity index (χ4v) is 4.54. The molecule has 3 nitrogen and oxygen atoms in total. The summed E-state index contributed by atoms with van der Waals surface area (Å²) in [5.74, 6) is 1.27. The van der Waals surface area contributed by atoms with Crippen LogP contribution in [0.25, 0.3) is 0 Å². The third kappa shape index (κ3) is 5.38. The molecule has 1 rings (SSSR count). The molecular formula is C13H27NO2S. The number of sulfone groups is 1. The first-order valence-electron chi connectivity index (χ1n) is 6.96. The topological polar surface area (TPSA) is 46.2 Å². The van der Waals surface area contributed by atoms with Gasteiger partial charge in [-0.15, -0.1) is 0 Å². The Balaban J connectivity index is 2.42. The third-order valence-corrected chi connectivity index (χ3v) is 5.61. The molecule has 0 heterocycles. The molecule has 102 valence electrons. The highest BCUT2D eigenvalue weighted by Gasteiger charge is 2.27. The van der Waals surface area contributed by atoms with Gasteiger partial charge in [0.05, 0.1) is 11.5 Å². The van der Waals surface area contributed by atoms with Gasteiger partial charge < -0.3 is 5.32 Å². The number of rotatable bonds is 8. The zero-order valence-electron chi connectivity index (χ0n) is 11.2. The van der Waals surface area contributed by atoms with Gasteiger partial charge in [-0.3, -0.25) is 0 Å². The zero-order valence-corrected chi connectivity index (χ0v) is 12.1. The molecule has 1 unspecified atom stereocenters. The summed E-state index contributed by atoms with van der Waals surface area (Å²) in [5, 5.41) is 3.21. The van der Waals surface area contributed by atoms with Crippen LogP contribution in [-0.4, -0.2) is 33.0 Å². The first-order chi connectivity index (χ1) is 8.09. The van der Waals surface area contributed by atoms with E-state index in [4.69, 9.17) is 0 Å². The van der Waals surface area contributed by atoms with Crippen LogP contribution in [0.4, 0.5) is 0 Å². The molecule has 1 atom stereocenters. The number of nitrogens with one attached hydrogen (secondary N) is 1. The van der Waals surface area contributed by atoms with Crippen molar-refractivity contribution >= 4 is 9.84 Å². The van der Waals surface area contributed by atoms with Crippen LogP contribution in [-0.2, 0) is 9.84 Å². The van der Waals surface area contributed by atoms with E-state index in [0.717, 1.165) is 19.3 Å². The van der Waals surface area contributed by atoms with Gasteiger partial charge in [0, 0.05) is 6.04 Å². The first kappa shape index (κ1) is 15.0. The summed E-state index contributed by atoms with van der Waals surface area (Å²) in [5.41, 5.74) is 0. The molecule has 0 aromatic carbocycles. The number of hydrogen-bond acceptors (Lipinski definition) is 3. The minimum atomic E-state index is -2.87. The minimum Gasteiger partial charge on any atom is -0.316 e. The van der Waals surface area contributed by atoms with E-state index >= 15 is 0 Å². The van der Waals surface area contributed by atoms with Crippen molar-refractivity contribution in [2.75, 3.05) is 18.6 Å². The summed E-state index contributed by atoms with van der Waals surface area (Å²) in [6, 6.07) is 0.170. The maximum atomic E-state index is 12.0. The van der Waals surface area contributed by atoms with Gasteiger partial charge in [-0.1, -0.05) is 32.6 Å². The quantitative estimate of drug-likeness (QED) is 0.682. The SMILES string of the molecule is CCCCCS(=O)(=O)CC(NC)C1CCCC1. The van der Waals surface area contributed by atoms with Gasteiger partial charge in [-0.2, -0.15) is 0 Å². The van der Waals surface area contributed by atoms with Gasteiger partial charge in [0.25, 0.3) is 0 Å². The van der Waals surface area contributed by atoms with Crippen molar-refractivity contribution < 1.29 is 8.42 Å². The summed E-state index contributed by atoms with van der Waals surface area (Å²) in [6.45, 7) is 2.10. The van der Waals surface area contributed by atoms with E-state index in [-0.39, 0.29) is 6.04 Å². The molecule has 1 aliphatic rings. The molecule has 17 heavy (non-hydrogen) atoms. The van der Waals surface area contributed by atoms with E-state index in [1.54, 1.807) is 0 Å². The van der Waals surface area contributed by atoms with Crippen LogP contribution in [0.15, 0.2) is 0 Å². The Kier molecular flexibility index (Phi) is 6.49. The molecule has 1 N–H and O–H groups in total. The van der Waals surface area contributed by atoms with Gasteiger partial charge in [-0.05, 0) is 32.2 Å². The lowest BCUT2D eigenvalue weighted by molar-refractivity contribution is 0.404. The fraction of sp³-hybridized carbons (Fsp3) is 1.00. The standard InChI is InChI=1S/C13H27NO2S/c1-3-4-7-10-17(15,16)11-13(14-2)12-8-5-6-9-12/h12-14H,3-11H2,1-2H3. The highest BCUT2D eigenvalue weighted by atomic mass is 32.2. The van der Waals surface area contributed by atoms with Crippen LogP contribution in [0.2, 0.25) is 0 Å². The largest absolute Gasteiger partial charge is 0.316 e. The van der Waals surface area contributed by atoms with Crippen LogP contribution in [0, 0.1) is 5.92 Å². The molecule has 0 aromatic rings. The first-order valence-corrected chi connectivity index (χ1v) is 8.79. The van der Waals surface area contributed by atoms with E-state index in [1.165, 1.54) is 25.7 Å². The van der Waals surface area contributed by atoms with Crippen molar-refractivity contribution in [3.05, 3.63) is 0 Å². The molecule has 0 amide bonds. The van der Waals surface area contributed by atoms with Crippen molar-refractivity contribution in [1.29, 1.82) is 0 Å². The lowest BCUT2D eigenvalue weighted by Gasteiger charge is -2.22. The molecule has 0 saturated heterocycles. The fourth-order valence-electron chi connectivity index (χ4n) is 2.74. The Morgan fingerprint density at radius 2 is 1.88 bits per heavy atom. The molecule has 0 aliphatic heterocycles. The molecule has 0 bridgehead atoms. The van der Waals surface area contributed by atoms with Crippen LogP contribution < -0.4 is 5.32 Å². The third-order valence-electron chi connectivity index (χ3n) is 3.83. The average Bonchev–Trinajstić information content (AvgIpc) is 2.79. The number of unbranched alkanes of at least 4 members (excludes halogenated alkanes) is 2. The van der Waals surface area contributed by atoms with Crippen LogP contribution >= 0.6 is 0 Å². The lowest BCUT2D eigenvalue weighted by atomic mass is 10.0. The Morgan fingerprint density at radius 1 is 1.24 bits per heavy atom. The van der Waals surface area contributed by atoms with Gasteiger partial charge in [0.15, 0.2) is 9.84 Å². The van der Waals surface area contributed by atoms with E-state index in [9.17, 15) is 8.42 Å². The van der Waals surface area contributed by atoms with Crippen molar-refractivity contribution in [1.82, 2.24) is 5.32 Å². The van der Waals surface area contributed by atoms with Crippen molar-refractivity contribution in [2.24, 2.45) is 5.92 Å². The summed E-state index contributed by atoms with van der Waals surface area (Å²) in [4.78, 5) is 0. The molecule has 1 saturated carbocycles. The molecule has 1 aliphatic carbocycles. The van der Waals surface area contributed by atoms with Crippen molar-refractivity contribution in [3.63, 3.8) is 0 Å². The predicted octanol–water partition coefficient (Wildman–Crippen LogP) is 2.37. The number of hydrogen-bond donors (Lipinski definition) is 1. The van der Waals surface area contributed by atoms with Crippen LogP contribution in [0.1, 0.15) is 51.9 Å². The van der Waals surface area contributed by atoms with Gasteiger partial charge in [0.2, 0.25) is 0 Å². The maximum Gasteiger partial charge on any atom is 0.151 e. The molecule has 0 radical (unpaired) electrons. The molecule has 1 fully saturated rings. The maximum absolute atomic E-state index is 12.0. The normalized spacial score (nSPS) is 19.6. The summed E-state index contributed by atoms with van der Waals surface area (Å²) in [6.07, 6.45) is 7.82. The van der Waals surface area contributed by atoms with Gasteiger partial charge in [0.1, 0.15) is 0 Å². The monoisotopic (exact) mass is 261 g/mol. The van der Waals surface area contributed by atoms with E-state index in [1.807, 2.05) is 7.05 Å². The average molecular weight is 261 g/mol. The van der Waals surface area contributed by atoms with Crippen molar-refractivity contribution in [3.8, 4) is 0 Å². The Bertz CT molecular complexity index is 295. The second-order valence-corrected chi connectivity index (χ2v) is 7.49. The smallest absolute Gasteiger partial charge is 0.151 e. The van der Waals surface area contributed by atoms with E-state index in [0.29, 0.717) is 17.4 Å². The van der Waals surface area contributed by atoms with Crippen LogP contribution in [0.5, 0.6) is 0 Å². The summed E-state index contributed by atoms with van der Waals surface area (Å²) >= 11 is 0. The highest BCUT2D eigenvalue weighted by Crippen LogP contribution is 2.28. The van der Waals surface area contributed by atoms with Gasteiger partial charge in [-0.25, -0.2) is 8.42 Å². The summed E-state index contributed by atoms with van der Waals surface area (Å²) < 4.78 is 24.0. The highest BCUT2D eigenvalue weighted by molar-refractivity contribution is 7.91. The Hall–Kier alpha value is -0.0900. The van der Waals surface area contributed by atoms with E-state index < -0.39 is 9.84 Å². The Labute approximate surface area is 106 Å². The molecule has 0 spiro atoms. The van der Waals surface area contributed by atoms with Gasteiger partial charge >= 0.3 is 0 Å². The van der Waals surface area contributed by atoms with Crippen molar-refractivity contribution in [2.45, 2.75) is 57.9 Å². The summed E-state index contributed by atoms with van der Waals surface area (Å²) in [7, 11) is -0.972. The second kappa shape index (κ2) is 7.37. The lowest BCUT2D eigenvalue weighted by Crippen LogP contribution is -2.39. The molecule has 0 aromatic heterocycles.